The molecule has 24 heavy (non-hydrogen) atoms. The maximum atomic E-state index is 14.6. The van der Waals surface area contributed by atoms with E-state index in [4.69, 9.17) is 4.74 Å². The van der Waals surface area contributed by atoms with E-state index in [1.54, 1.807) is 0 Å². The van der Waals surface area contributed by atoms with E-state index >= 15 is 0 Å². The van der Waals surface area contributed by atoms with Crippen molar-refractivity contribution in [1.29, 1.82) is 0 Å². The number of carbonyl (C=O) groups excluding carboxylic acids is 2. The van der Waals surface area contributed by atoms with Crippen LogP contribution in [0.4, 0.5) is 4.39 Å². The zero-order valence-electron chi connectivity index (χ0n) is 13.7. The topological polar surface area (TPSA) is 55.4 Å². The predicted octanol–water partition coefficient (Wildman–Crippen LogP) is 2.97. The Hall–Kier alpha value is -1.56. The van der Waals surface area contributed by atoms with E-state index < -0.39 is 5.92 Å². The third-order valence-electron chi connectivity index (χ3n) is 4.73. The van der Waals surface area contributed by atoms with Crippen LogP contribution in [0.3, 0.4) is 0 Å². The molecule has 2 aliphatic rings. The summed E-state index contributed by atoms with van der Waals surface area (Å²) >= 11 is 1.92. The molecule has 0 spiro atoms. The predicted molar refractivity (Wildman–Crippen MR) is 91.6 cm³/mol. The number of benzene rings is 1. The molecule has 1 unspecified atom stereocenters. The summed E-state index contributed by atoms with van der Waals surface area (Å²) in [6.45, 7) is 1.73. The summed E-state index contributed by atoms with van der Waals surface area (Å²) in [5, 5.41) is 2.65. The van der Waals surface area contributed by atoms with Gasteiger partial charge >= 0.3 is 5.97 Å². The van der Waals surface area contributed by atoms with Crippen molar-refractivity contribution in [2.45, 2.75) is 44.1 Å². The molecule has 2 atom stereocenters. The fourth-order valence-electron chi connectivity index (χ4n) is 3.41. The standard InChI is InChI=1S/C18H22FNO3S/c1-11(21)20-10-14-9-16(18(22)23-14)13-2-3-15(17(19)8-13)12-4-6-24-7-5-12/h2-3,8,12,14,16H,4-7,9-10H2,1H3,(H,20,21)/t14?,16-/m0/s1. The summed E-state index contributed by atoms with van der Waals surface area (Å²) in [5.74, 6) is 1.26. The maximum Gasteiger partial charge on any atom is 0.313 e. The number of ether oxygens (including phenoxy) is 1. The minimum atomic E-state index is -0.450. The molecule has 0 bridgehead atoms. The van der Waals surface area contributed by atoms with Gasteiger partial charge in [0.1, 0.15) is 11.9 Å². The lowest BCUT2D eigenvalue weighted by atomic mass is 9.89. The first-order chi connectivity index (χ1) is 11.5. The second-order valence-corrected chi connectivity index (χ2v) is 7.68. The molecule has 6 heteroatoms. The van der Waals surface area contributed by atoms with Gasteiger partial charge in [-0.05, 0) is 47.5 Å². The van der Waals surface area contributed by atoms with Crippen LogP contribution in [-0.2, 0) is 14.3 Å². The number of amides is 1. The van der Waals surface area contributed by atoms with E-state index in [0.29, 0.717) is 18.5 Å². The fraction of sp³-hybridized carbons (Fsp3) is 0.556. The lowest BCUT2D eigenvalue weighted by Gasteiger charge is -2.22. The van der Waals surface area contributed by atoms with Gasteiger partial charge in [0.05, 0.1) is 12.5 Å². The minimum Gasteiger partial charge on any atom is -0.460 e. The van der Waals surface area contributed by atoms with Crippen LogP contribution in [0, 0.1) is 5.82 Å². The number of hydrogen-bond acceptors (Lipinski definition) is 4. The second-order valence-electron chi connectivity index (χ2n) is 6.45. The number of rotatable bonds is 4. The van der Waals surface area contributed by atoms with Gasteiger partial charge in [0.25, 0.3) is 0 Å². The number of carbonyl (C=O) groups is 2. The van der Waals surface area contributed by atoms with Crippen LogP contribution in [0.15, 0.2) is 18.2 Å². The summed E-state index contributed by atoms with van der Waals surface area (Å²) in [6, 6.07) is 5.18. The van der Waals surface area contributed by atoms with Gasteiger partial charge in [0.2, 0.25) is 5.91 Å². The molecule has 0 saturated carbocycles. The molecule has 0 aromatic heterocycles. The average Bonchev–Trinajstić information content (AvgIpc) is 2.94. The van der Waals surface area contributed by atoms with Crippen molar-refractivity contribution in [3.63, 3.8) is 0 Å². The second kappa shape index (κ2) is 7.55. The maximum absolute atomic E-state index is 14.6. The van der Waals surface area contributed by atoms with Crippen LogP contribution >= 0.6 is 11.8 Å². The molecule has 3 rings (SSSR count). The van der Waals surface area contributed by atoms with Crippen LogP contribution in [0.1, 0.15) is 49.1 Å². The third-order valence-corrected chi connectivity index (χ3v) is 5.78. The number of hydrogen-bond donors (Lipinski definition) is 1. The van der Waals surface area contributed by atoms with Crippen molar-refractivity contribution in [1.82, 2.24) is 5.32 Å². The number of thioether (sulfide) groups is 1. The Morgan fingerprint density at radius 1 is 1.38 bits per heavy atom. The van der Waals surface area contributed by atoms with Gasteiger partial charge < -0.3 is 10.1 Å². The van der Waals surface area contributed by atoms with Gasteiger partial charge in [-0.3, -0.25) is 9.59 Å². The Bertz CT molecular complexity index is 631. The zero-order chi connectivity index (χ0) is 17.1. The van der Waals surface area contributed by atoms with E-state index in [-0.39, 0.29) is 29.7 Å². The van der Waals surface area contributed by atoms with Crippen LogP contribution in [0.25, 0.3) is 0 Å². The van der Waals surface area contributed by atoms with Gasteiger partial charge in [-0.15, -0.1) is 0 Å². The first kappa shape index (κ1) is 17.3. The monoisotopic (exact) mass is 351 g/mol. The third kappa shape index (κ3) is 3.91. The van der Waals surface area contributed by atoms with Crippen molar-refractivity contribution in [2.24, 2.45) is 0 Å². The first-order valence-electron chi connectivity index (χ1n) is 8.36. The highest BCUT2D eigenvalue weighted by Crippen LogP contribution is 2.36. The highest BCUT2D eigenvalue weighted by Gasteiger charge is 2.36. The number of cyclic esters (lactones) is 1. The Morgan fingerprint density at radius 3 is 2.79 bits per heavy atom. The van der Waals surface area contributed by atoms with E-state index in [1.807, 2.05) is 23.9 Å². The summed E-state index contributed by atoms with van der Waals surface area (Å²) in [5.41, 5.74) is 1.43. The molecule has 2 heterocycles. The molecule has 0 aliphatic carbocycles. The number of nitrogens with one attached hydrogen (secondary N) is 1. The quantitative estimate of drug-likeness (QED) is 0.848. The summed E-state index contributed by atoms with van der Waals surface area (Å²) < 4.78 is 19.8. The van der Waals surface area contributed by atoms with Gasteiger partial charge in [-0.1, -0.05) is 12.1 Å². The highest BCUT2D eigenvalue weighted by atomic mass is 32.2. The Kier molecular flexibility index (Phi) is 5.43. The summed E-state index contributed by atoms with van der Waals surface area (Å²) in [4.78, 5) is 23.0. The number of halogens is 1. The highest BCUT2D eigenvalue weighted by molar-refractivity contribution is 7.99. The van der Waals surface area contributed by atoms with Gasteiger partial charge in [0.15, 0.2) is 0 Å². The molecule has 4 nitrogen and oxygen atoms in total. The van der Waals surface area contributed by atoms with Gasteiger partial charge in [-0.2, -0.15) is 11.8 Å². The molecule has 2 saturated heterocycles. The van der Waals surface area contributed by atoms with Crippen LogP contribution in [0.2, 0.25) is 0 Å². The molecular weight excluding hydrogens is 329 g/mol. The fourth-order valence-corrected chi connectivity index (χ4v) is 4.51. The lowest BCUT2D eigenvalue weighted by molar-refractivity contribution is -0.142. The zero-order valence-corrected chi connectivity index (χ0v) is 14.5. The molecule has 1 N–H and O–H groups in total. The van der Waals surface area contributed by atoms with Crippen molar-refractivity contribution in [2.75, 3.05) is 18.1 Å². The SMILES string of the molecule is CC(=O)NCC1C[C@@H](c2ccc(C3CCSCC3)c(F)c2)C(=O)O1. The summed E-state index contributed by atoms with van der Waals surface area (Å²) in [6.07, 6.45) is 2.14. The van der Waals surface area contributed by atoms with E-state index in [0.717, 1.165) is 29.9 Å². The number of esters is 1. The molecule has 130 valence electrons. The van der Waals surface area contributed by atoms with Crippen molar-refractivity contribution in [3.8, 4) is 0 Å². The molecule has 2 aliphatic heterocycles. The average molecular weight is 351 g/mol. The Morgan fingerprint density at radius 2 is 2.12 bits per heavy atom. The first-order valence-corrected chi connectivity index (χ1v) is 9.52. The van der Waals surface area contributed by atoms with Crippen molar-refractivity contribution in [3.05, 3.63) is 35.1 Å². The van der Waals surface area contributed by atoms with E-state index in [2.05, 4.69) is 5.32 Å². The van der Waals surface area contributed by atoms with E-state index in [9.17, 15) is 14.0 Å². The smallest absolute Gasteiger partial charge is 0.313 e. The Labute approximate surface area is 145 Å². The molecule has 1 aromatic rings. The van der Waals surface area contributed by atoms with E-state index in [1.165, 1.54) is 13.0 Å². The molecule has 0 radical (unpaired) electrons. The largest absolute Gasteiger partial charge is 0.460 e. The van der Waals surface area contributed by atoms with Gasteiger partial charge in [-0.25, -0.2) is 4.39 Å². The lowest BCUT2D eigenvalue weighted by Crippen LogP contribution is -2.30. The molecular formula is C18H22FNO3S. The van der Waals surface area contributed by atoms with Crippen LogP contribution < -0.4 is 5.32 Å². The Balaban J connectivity index is 1.69. The van der Waals surface area contributed by atoms with Crippen molar-refractivity contribution < 1.29 is 18.7 Å². The van der Waals surface area contributed by atoms with Crippen LogP contribution in [-0.4, -0.2) is 36.0 Å². The van der Waals surface area contributed by atoms with Crippen molar-refractivity contribution >= 4 is 23.6 Å². The van der Waals surface area contributed by atoms with Crippen LogP contribution in [0.5, 0.6) is 0 Å². The molecule has 2 fully saturated rings. The molecule has 1 amide bonds. The minimum absolute atomic E-state index is 0.157. The van der Waals surface area contributed by atoms with Gasteiger partial charge in [0, 0.05) is 13.3 Å². The normalized spacial score (nSPS) is 24.7. The summed E-state index contributed by atoms with van der Waals surface area (Å²) in [7, 11) is 0. The molecule has 1 aromatic carbocycles.